The summed E-state index contributed by atoms with van der Waals surface area (Å²) in [4.78, 5) is 0.311. The molecule has 0 bridgehead atoms. The van der Waals surface area contributed by atoms with Gasteiger partial charge in [0.2, 0.25) is 0 Å². The molecule has 5 heteroatoms. The molecule has 1 unspecified atom stereocenters. The minimum absolute atomic E-state index is 0.311. The fourth-order valence-corrected chi connectivity index (χ4v) is 2.29. The maximum absolute atomic E-state index is 11.3. The van der Waals surface area contributed by atoms with Gasteiger partial charge in [-0.1, -0.05) is 6.92 Å². The van der Waals surface area contributed by atoms with Gasteiger partial charge in [0, 0.05) is 12.2 Å². The lowest BCUT2D eigenvalue weighted by molar-refractivity contribution is 0.259. The van der Waals surface area contributed by atoms with Gasteiger partial charge in [0.25, 0.3) is 0 Å². The second-order valence-electron chi connectivity index (χ2n) is 4.01. The van der Waals surface area contributed by atoms with Crippen molar-refractivity contribution >= 4 is 22.5 Å². The fourth-order valence-electron chi connectivity index (χ4n) is 1.30. The number of benzene rings is 1. The third-order valence-electron chi connectivity index (χ3n) is 2.57. The quantitative estimate of drug-likeness (QED) is 0.810. The van der Waals surface area contributed by atoms with Crippen molar-refractivity contribution in [1.82, 2.24) is 0 Å². The SMILES string of the molecule is CCC(CS)COc1ccc(S(C)(=O)=O)cc1. The highest BCUT2D eigenvalue weighted by Gasteiger charge is 2.08. The first-order valence-corrected chi connectivity index (χ1v) is 8.03. The molecule has 0 N–H and O–H groups in total. The molecule has 1 atom stereocenters. The maximum atomic E-state index is 11.3. The standard InChI is InChI=1S/C12H18O3S2/c1-3-10(9-16)8-15-11-4-6-12(7-5-11)17(2,13)14/h4-7,10,16H,3,8-9H2,1-2H3. The molecule has 0 fully saturated rings. The summed E-state index contributed by atoms with van der Waals surface area (Å²) in [6.45, 7) is 2.70. The molecule has 0 aromatic heterocycles. The van der Waals surface area contributed by atoms with Gasteiger partial charge in [-0.15, -0.1) is 0 Å². The number of ether oxygens (including phenoxy) is 1. The zero-order valence-corrected chi connectivity index (χ0v) is 11.8. The van der Waals surface area contributed by atoms with Crippen molar-refractivity contribution < 1.29 is 13.2 Å². The maximum Gasteiger partial charge on any atom is 0.175 e. The summed E-state index contributed by atoms with van der Waals surface area (Å²) in [5.74, 6) is 1.91. The molecule has 0 saturated carbocycles. The lowest BCUT2D eigenvalue weighted by Gasteiger charge is -2.13. The molecule has 0 radical (unpaired) electrons. The Morgan fingerprint density at radius 2 is 1.88 bits per heavy atom. The monoisotopic (exact) mass is 274 g/mol. The van der Waals surface area contributed by atoms with Gasteiger partial charge in [0.15, 0.2) is 9.84 Å². The summed E-state index contributed by atoms with van der Waals surface area (Å²) in [7, 11) is -3.13. The van der Waals surface area contributed by atoms with Gasteiger partial charge in [-0.2, -0.15) is 12.6 Å². The van der Waals surface area contributed by atoms with E-state index in [4.69, 9.17) is 4.74 Å². The zero-order chi connectivity index (χ0) is 12.9. The number of hydrogen-bond acceptors (Lipinski definition) is 4. The first-order valence-electron chi connectivity index (χ1n) is 5.51. The Morgan fingerprint density at radius 1 is 1.29 bits per heavy atom. The molecule has 0 aliphatic carbocycles. The van der Waals surface area contributed by atoms with Gasteiger partial charge >= 0.3 is 0 Å². The Balaban J connectivity index is 2.63. The lowest BCUT2D eigenvalue weighted by atomic mass is 10.1. The van der Waals surface area contributed by atoms with Crippen molar-refractivity contribution in [3.05, 3.63) is 24.3 Å². The van der Waals surface area contributed by atoms with Crippen LogP contribution in [0.15, 0.2) is 29.2 Å². The van der Waals surface area contributed by atoms with Crippen LogP contribution in [0, 0.1) is 5.92 Å². The van der Waals surface area contributed by atoms with Crippen molar-refractivity contribution in [2.75, 3.05) is 18.6 Å². The minimum atomic E-state index is -3.13. The summed E-state index contributed by atoms with van der Waals surface area (Å²) in [6, 6.07) is 6.49. The van der Waals surface area contributed by atoms with Crippen LogP contribution in [-0.4, -0.2) is 27.0 Å². The fraction of sp³-hybridized carbons (Fsp3) is 0.500. The van der Waals surface area contributed by atoms with Crippen molar-refractivity contribution in [3.63, 3.8) is 0 Å². The molecule has 0 aliphatic heterocycles. The molecule has 3 nitrogen and oxygen atoms in total. The van der Waals surface area contributed by atoms with E-state index < -0.39 is 9.84 Å². The van der Waals surface area contributed by atoms with E-state index in [2.05, 4.69) is 19.6 Å². The number of rotatable bonds is 6. The van der Waals surface area contributed by atoms with E-state index in [0.717, 1.165) is 12.2 Å². The topological polar surface area (TPSA) is 43.4 Å². The van der Waals surface area contributed by atoms with Crippen molar-refractivity contribution in [3.8, 4) is 5.75 Å². The largest absolute Gasteiger partial charge is 0.493 e. The molecule has 1 aromatic carbocycles. The van der Waals surface area contributed by atoms with Crippen LogP contribution < -0.4 is 4.74 Å². The van der Waals surface area contributed by atoms with Crippen LogP contribution in [0.1, 0.15) is 13.3 Å². The molecule has 0 heterocycles. The van der Waals surface area contributed by atoms with Crippen LogP contribution in [0.3, 0.4) is 0 Å². The summed E-state index contributed by atoms with van der Waals surface area (Å²) >= 11 is 4.24. The van der Waals surface area contributed by atoms with E-state index in [1.165, 1.54) is 6.26 Å². The van der Waals surface area contributed by atoms with E-state index in [9.17, 15) is 8.42 Å². The van der Waals surface area contributed by atoms with Crippen LogP contribution in [0.2, 0.25) is 0 Å². The molecule has 0 amide bonds. The van der Waals surface area contributed by atoms with E-state index in [1.54, 1.807) is 24.3 Å². The predicted octanol–water partition coefficient (Wildman–Crippen LogP) is 2.42. The summed E-state index contributed by atoms with van der Waals surface area (Å²) < 4.78 is 28.1. The molecule has 1 aromatic rings. The molecule has 17 heavy (non-hydrogen) atoms. The molecular formula is C12H18O3S2. The van der Waals surface area contributed by atoms with Gasteiger partial charge < -0.3 is 4.74 Å². The molecule has 96 valence electrons. The Bertz CT molecular complexity index is 433. The Morgan fingerprint density at radius 3 is 2.29 bits per heavy atom. The number of thiol groups is 1. The first-order chi connectivity index (χ1) is 7.97. The van der Waals surface area contributed by atoms with Gasteiger partial charge in [-0.05, 0) is 36.4 Å². The average molecular weight is 274 g/mol. The third kappa shape index (κ3) is 4.60. The number of sulfone groups is 1. The smallest absolute Gasteiger partial charge is 0.175 e. The average Bonchev–Trinajstić information content (AvgIpc) is 2.30. The van der Waals surface area contributed by atoms with Crippen molar-refractivity contribution in [2.45, 2.75) is 18.2 Å². The molecule has 0 spiro atoms. The summed E-state index contributed by atoms with van der Waals surface area (Å²) in [5, 5.41) is 0. The summed E-state index contributed by atoms with van der Waals surface area (Å²) in [5.41, 5.74) is 0. The highest BCUT2D eigenvalue weighted by atomic mass is 32.2. The normalized spacial score (nSPS) is 13.4. The second-order valence-corrected chi connectivity index (χ2v) is 6.39. The first kappa shape index (κ1) is 14.4. The molecule has 1 rings (SSSR count). The van der Waals surface area contributed by atoms with Gasteiger partial charge in [0.1, 0.15) is 5.75 Å². The highest BCUT2D eigenvalue weighted by Crippen LogP contribution is 2.17. The Labute approximate surface area is 109 Å². The van der Waals surface area contributed by atoms with E-state index in [1.807, 2.05) is 0 Å². The van der Waals surface area contributed by atoms with Crippen LogP contribution in [0.5, 0.6) is 5.75 Å². The van der Waals surface area contributed by atoms with Crippen molar-refractivity contribution in [2.24, 2.45) is 5.92 Å². The number of hydrogen-bond donors (Lipinski definition) is 1. The van der Waals surface area contributed by atoms with Gasteiger partial charge in [-0.25, -0.2) is 8.42 Å². The highest BCUT2D eigenvalue weighted by molar-refractivity contribution is 7.90. The van der Waals surface area contributed by atoms with Crippen LogP contribution in [-0.2, 0) is 9.84 Å². The van der Waals surface area contributed by atoms with Gasteiger partial charge in [0.05, 0.1) is 11.5 Å². The minimum Gasteiger partial charge on any atom is -0.493 e. The zero-order valence-electron chi connectivity index (χ0n) is 10.1. The van der Waals surface area contributed by atoms with E-state index >= 15 is 0 Å². The van der Waals surface area contributed by atoms with Crippen LogP contribution >= 0.6 is 12.6 Å². The molecule has 0 saturated heterocycles. The van der Waals surface area contributed by atoms with E-state index in [0.29, 0.717) is 23.2 Å². The predicted molar refractivity (Wildman–Crippen MR) is 72.7 cm³/mol. The molecular weight excluding hydrogens is 256 g/mol. The van der Waals surface area contributed by atoms with Crippen molar-refractivity contribution in [1.29, 1.82) is 0 Å². The summed E-state index contributed by atoms with van der Waals surface area (Å²) in [6.07, 6.45) is 2.21. The molecule has 0 aliphatic rings. The van der Waals surface area contributed by atoms with E-state index in [-0.39, 0.29) is 0 Å². The lowest BCUT2D eigenvalue weighted by Crippen LogP contribution is -2.12. The Kier molecular flexibility index (Phi) is 5.33. The van der Waals surface area contributed by atoms with Gasteiger partial charge in [-0.3, -0.25) is 0 Å². The van der Waals surface area contributed by atoms with Crippen LogP contribution in [0.4, 0.5) is 0 Å². The third-order valence-corrected chi connectivity index (χ3v) is 4.22. The van der Waals surface area contributed by atoms with Crippen LogP contribution in [0.25, 0.3) is 0 Å². The second kappa shape index (κ2) is 6.31. The Hall–Kier alpha value is -0.680.